The molecule has 3 aromatic heterocycles. The van der Waals surface area contributed by atoms with Crippen molar-refractivity contribution in [3.05, 3.63) is 181 Å². The number of pyridine rings is 2. The van der Waals surface area contributed by atoms with Gasteiger partial charge in [0.2, 0.25) is 0 Å². The van der Waals surface area contributed by atoms with Crippen molar-refractivity contribution >= 4 is 21.8 Å². The molecule has 0 amide bonds. The van der Waals surface area contributed by atoms with Gasteiger partial charge in [-0.05, 0) is 105 Å². The summed E-state index contributed by atoms with van der Waals surface area (Å²) in [4.78, 5) is 10.1. The number of benzene rings is 6. The summed E-state index contributed by atoms with van der Waals surface area (Å²) in [5, 5.41) is 2.41. The molecule has 9 aromatic rings. The number of hydrogen-bond donors (Lipinski definition) is 0. The molecule has 60 heavy (non-hydrogen) atoms. The van der Waals surface area contributed by atoms with Gasteiger partial charge < -0.3 is 9.30 Å². The molecule has 0 bridgehead atoms. The van der Waals surface area contributed by atoms with Crippen molar-refractivity contribution in [1.82, 2.24) is 14.5 Å². The lowest BCUT2D eigenvalue weighted by molar-refractivity contribution is 0.415. The third-order valence-electron chi connectivity index (χ3n) is 11.5. The highest BCUT2D eigenvalue weighted by atomic mass is 19.1. The second-order valence-corrected chi connectivity index (χ2v) is 17.7. The summed E-state index contributed by atoms with van der Waals surface area (Å²) in [6, 6.07) is 54.1. The molecule has 4 nitrogen and oxygen atoms in total. The average Bonchev–Trinajstić information content (AvgIpc) is 3.60. The van der Waals surface area contributed by atoms with E-state index in [1.165, 1.54) is 34.0 Å². The predicted molar refractivity (Wildman–Crippen MR) is 247 cm³/mol. The van der Waals surface area contributed by atoms with Gasteiger partial charge in [0.15, 0.2) is 0 Å². The van der Waals surface area contributed by atoms with Crippen LogP contribution in [0.15, 0.2) is 164 Å². The van der Waals surface area contributed by atoms with Crippen LogP contribution in [0.25, 0.3) is 83.5 Å². The number of methoxy groups -OCH3 is 1. The van der Waals surface area contributed by atoms with Gasteiger partial charge in [-0.2, -0.15) is 0 Å². The summed E-state index contributed by atoms with van der Waals surface area (Å²) in [7, 11) is 1.61. The molecule has 0 unspecified atom stereocenters. The van der Waals surface area contributed by atoms with Crippen LogP contribution in [-0.4, -0.2) is 21.6 Å². The molecule has 0 saturated heterocycles. The van der Waals surface area contributed by atoms with Crippen molar-refractivity contribution in [2.75, 3.05) is 7.11 Å². The average molecular weight is 786 g/mol. The molecule has 0 saturated carbocycles. The second-order valence-electron chi connectivity index (χ2n) is 17.7. The van der Waals surface area contributed by atoms with E-state index >= 15 is 0 Å². The molecule has 0 N–H and O–H groups in total. The molecule has 3 heterocycles. The maximum Gasteiger partial charge on any atom is 0.128 e. The van der Waals surface area contributed by atoms with Gasteiger partial charge in [0, 0.05) is 44.9 Å². The Morgan fingerprint density at radius 3 is 1.87 bits per heavy atom. The first kappa shape index (κ1) is 38.7. The molecule has 296 valence electrons. The Morgan fingerprint density at radius 2 is 1.13 bits per heavy atom. The summed E-state index contributed by atoms with van der Waals surface area (Å²) in [5.41, 5.74) is 14.8. The molecule has 5 heteroatoms. The Hall–Kier alpha value is -6.85. The summed E-state index contributed by atoms with van der Waals surface area (Å²) >= 11 is 0. The van der Waals surface area contributed by atoms with Crippen LogP contribution < -0.4 is 4.74 Å². The fourth-order valence-electron chi connectivity index (χ4n) is 8.21. The van der Waals surface area contributed by atoms with Crippen LogP contribution in [0.4, 0.5) is 4.39 Å². The van der Waals surface area contributed by atoms with Crippen LogP contribution in [0.3, 0.4) is 0 Å². The van der Waals surface area contributed by atoms with Gasteiger partial charge in [0.05, 0.1) is 35.2 Å². The Bertz CT molecular complexity index is 3030. The minimum Gasteiger partial charge on any atom is -0.496 e. The highest BCUT2D eigenvalue weighted by Crippen LogP contribution is 2.41. The topological polar surface area (TPSA) is 39.9 Å². The Labute approximate surface area is 352 Å². The fraction of sp³-hybridized carbons (Fsp3) is 0.164. The molecule has 0 atom stereocenters. The lowest BCUT2D eigenvalue weighted by Crippen LogP contribution is -2.16. The van der Waals surface area contributed by atoms with Crippen LogP contribution in [-0.2, 0) is 10.8 Å². The molecular formula is C55H48FN3O. The standard InChI is InChI=1S/C55H48FN3O/c1-54(2,3)40-28-38(29-41(33-40)55(4,5)6)39-31-49(58-50(32-39)47-34-42(56)23-24-52(47)60-7)37-16-13-15-36(27-37)48-30-35(25-26-57-48)44-20-14-21-46-45-19-11-12-22-51(45)59(53(44)46)43-17-9-8-10-18-43/h8-34H,1-7H3. The Morgan fingerprint density at radius 1 is 0.500 bits per heavy atom. The smallest absolute Gasteiger partial charge is 0.128 e. The third kappa shape index (κ3) is 7.26. The number of hydrogen-bond acceptors (Lipinski definition) is 3. The zero-order valence-electron chi connectivity index (χ0n) is 35.2. The van der Waals surface area contributed by atoms with E-state index in [1.54, 1.807) is 13.2 Å². The van der Waals surface area contributed by atoms with Gasteiger partial charge >= 0.3 is 0 Å². The number of rotatable bonds is 7. The van der Waals surface area contributed by atoms with Crippen LogP contribution in [0.1, 0.15) is 52.7 Å². The maximum atomic E-state index is 14.9. The fourth-order valence-corrected chi connectivity index (χ4v) is 8.21. The molecule has 6 aromatic carbocycles. The number of nitrogens with zero attached hydrogens (tertiary/aromatic N) is 3. The van der Waals surface area contributed by atoms with Crippen molar-refractivity contribution in [3.63, 3.8) is 0 Å². The van der Waals surface area contributed by atoms with Crippen LogP contribution in [0, 0.1) is 5.82 Å². The van der Waals surface area contributed by atoms with Gasteiger partial charge in [-0.1, -0.05) is 133 Å². The summed E-state index contributed by atoms with van der Waals surface area (Å²) < 4.78 is 23.1. The Balaban J connectivity index is 1.20. The van der Waals surface area contributed by atoms with E-state index in [2.05, 4.69) is 186 Å². The van der Waals surface area contributed by atoms with E-state index in [0.717, 1.165) is 61.5 Å². The second kappa shape index (κ2) is 15.1. The van der Waals surface area contributed by atoms with E-state index < -0.39 is 0 Å². The summed E-state index contributed by atoms with van der Waals surface area (Å²) in [5.74, 6) is 0.207. The van der Waals surface area contributed by atoms with Gasteiger partial charge in [-0.15, -0.1) is 0 Å². The van der Waals surface area contributed by atoms with Crippen molar-refractivity contribution in [2.24, 2.45) is 0 Å². The number of para-hydroxylation sites is 3. The predicted octanol–water partition coefficient (Wildman–Crippen LogP) is 14.7. The largest absolute Gasteiger partial charge is 0.496 e. The molecule has 0 aliphatic rings. The minimum atomic E-state index is -0.350. The van der Waals surface area contributed by atoms with Gasteiger partial charge in [-0.25, -0.2) is 9.37 Å². The monoisotopic (exact) mass is 785 g/mol. The zero-order chi connectivity index (χ0) is 41.8. The van der Waals surface area contributed by atoms with E-state index in [-0.39, 0.29) is 16.6 Å². The van der Waals surface area contributed by atoms with Gasteiger partial charge in [-0.3, -0.25) is 4.98 Å². The van der Waals surface area contributed by atoms with E-state index in [1.807, 2.05) is 6.20 Å². The highest BCUT2D eigenvalue weighted by molar-refractivity contribution is 6.13. The SMILES string of the molecule is COc1ccc(F)cc1-c1cc(-c2cc(C(C)(C)C)cc(C(C)(C)C)c2)cc(-c2cccc(-c3cc(-c4cccc5c6ccccc6n(-c6ccccc6)c45)ccn3)c2)n1. The van der Waals surface area contributed by atoms with E-state index in [0.29, 0.717) is 17.0 Å². The summed E-state index contributed by atoms with van der Waals surface area (Å²) in [6.45, 7) is 13.5. The number of halogens is 1. The van der Waals surface area contributed by atoms with Crippen LogP contribution in [0.2, 0.25) is 0 Å². The summed E-state index contributed by atoms with van der Waals surface area (Å²) in [6.07, 6.45) is 1.90. The zero-order valence-corrected chi connectivity index (χ0v) is 35.2. The molecule has 0 aliphatic heterocycles. The molecule has 9 rings (SSSR count). The normalized spacial score (nSPS) is 12.0. The van der Waals surface area contributed by atoms with Gasteiger partial charge in [0.25, 0.3) is 0 Å². The van der Waals surface area contributed by atoms with E-state index in [9.17, 15) is 4.39 Å². The molecule has 0 radical (unpaired) electrons. The van der Waals surface area contributed by atoms with E-state index in [4.69, 9.17) is 14.7 Å². The first-order valence-electron chi connectivity index (χ1n) is 20.5. The third-order valence-corrected chi connectivity index (χ3v) is 11.5. The Kier molecular flexibility index (Phi) is 9.71. The van der Waals surface area contributed by atoms with Crippen molar-refractivity contribution in [2.45, 2.75) is 52.4 Å². The first-order valence-corrected chi connectivity index (χ1v) is 20.5. The lowest BCUT2D eigenvalue weighted by Gasteiger charge is -2.26. The van der Waals surface area contributed by atoms with Crippen LogP contribution in [0.5, 0.6) is 5.75 Å². The first-order chi connectivity index (χ1) is 28.9. The molecule has 0 fully saturated rings. The number of aromatic nitrogens is 3. The molecule has 0 spiro atoms. The number of ether oxygens (including phenoxy) is 1. The quantitative estimate of drug-likeness (QED) is 0.162. The molecular weight excluding hydrogens is 738 g/mol. The van der Waals surface area contributed by atoms with Gasteiger partial charge in [0.1, 0.15) is 11.6 Å². The lowest BCUT2D eigenvalue weighted by atomic mass is 9.79. The minimum absolute atomic E-state index is 0.0695. The van der Waals surface area contributed by atoms with Crippen molar-refractivity contribution < 1.29 is 9.13 Å². The van der Waals surface area contributed by atoms with Crippen molar-refractivity contribution in [3.8, 4) is 67.5 Å². The highest BCUT2D eigenvalue weighted by Gasteiger charge is 2.23. The van der Waals surface area contributed by atoms with Crippen LogP contribution >= 0.6 is 0 Å². The number of fused-ring (bicyclic) bond motifs is 3. The van der Waals surface area contributed by atoms with Crippen molar-refractivity contribution in [1.29, 1.82) is 0 Å². The molecule has 0 aliphatic carbocycles. The maximum absolute atomic E-state index is 14.9.